The van der Waals surface area contributed by atoms with Gasteiger partial charge in [0.1, 0.15) is 41.1 Å². The molecule has 2 aromatic rings. The third-order valence-corrected chi connectivity index (χ3v) is 17.9. The van der Waals surface area contributed by atoms with Crippen molar-refractivity contribution in [2.24, 2.45) is 29.6 Å². The Kier molecular flexibility index (Phi) is 21.5. The lowest BCUT2D eigenvalue weighted by Gasteiger charge is -2.47. The van der Waals surface area contributed by atoms with E-state index in [-0.39, 0.29) is 84.4 Å². The number of aromatic carboxylic acids is 1. The minimum absolute atomic E-state index is 0.00601. The smallest absolute Gasteiger partial charge is 0.407 e. The summed E-state index contributed by atoms with van der Waals surface area (Å²) in [6.07, 6.45) is -0.441. The average Bonchev–Trinajstić information content (AvgIpc) is 0.815. The minimum Gasteiger partial charge on any atom is -0.507 e. The molecule has 4 aliphatic heterocycles. The molecule has 4 heterocycles. The number of piperidine rings is 1. The number of carbonyl (C=O) groups excluding carboxylic acids is 5. The normalized spacial score (nSPS) is 31.1. The number of aromatic hydroxyl groups is 1. The number of Topliss-reactive ketones (excluding diaryl/α,β-unsaturated/α-hetero) is 2. The van der Waals surface area contributed by atoms with Crippen molar-refractivity contribution in [1.82, 2.24) is 10.2 Å². The van der Waals surface area contributed by atoms with Gasteiger partial charge in [0.2, 0.25) is 5.79 Å². The largest absolute Gasteiger partial charge is 0.507 e. The third kappa shape index (κ3) is 14.4. The maximum absolute atomic E-state index is 14.8. The van der Waals surface area contributed by atoms with Gasteiger partial charge in [-0.05, 0) is 131 Å². The SMILES string of the molecule is CO[C@H]1C[C@@H](C)C/C(C)=C/[C@@H](CCOC(=O)NCc2c(O)ccc3c(-c4ccccc4C(=O)O)c4ccc(=O)cc-4oc23)C(=O)C[C@H](O)[C@@H](C)C(/C(C)=C/C2CC[C@@H](O)[C@H](OC)C2)OC(=O)[C@@H]2CCCCN2C(=O)C(=O)[C@]2(O)O[C@H]1[C@@H](OC)C[C@H]2C. The number of nitrogens with one attached hydrogen (secondary N) is 1. The molecule has 2 amide bonds. The molecule has 2 aliphatic carbocycles. The lowest BCUT2D eigenvalue weighted by molar-refractivity contribution is -0.302. The molecule has 14 atom stereocenters. The van der Waals surface area contributed by atoms with Crippen LogP contribution in [0.15, 0.2) is 87.1 Å². The molecule has 1 saturated carbocycles. The van der Waals surface area contributed by atoms with Crippen LogP contribution in [-0.4, -0.2) is 155 Å². The minimum atomic E-state index is -2.62. The van der Waals surface area contributed by atoms with Crippen LogP contribution in [0, 0.1) is 29.6 Å². The predicted molar refractivity (Wildman–Crippen MR) is 314 cm³/mol. The van der Waals surface area contributed by atoms with Crippen molar-refractivity contribution < 1.29 is 87.1 Å². The standard InChI is InChI=1S/C65H82N2O19/c1-34-25-35(2)27-54(81-7)59-55(82-8)29-37(4)65(79,86-59)60(73)61(74)67-23-12-11-15-47(67)63(77)85-57(36(3)28-39-16-20-49(70)53(30-39)80-6)38(5)50(71)32-51(72)40(26-34)22-24-83-64(78)66-33-46-48(69)21-19-45-56(42-13-9-10-14-43(42)62(75)76)44-18-17-41(68)31-52(44)84-58(45)46/h9-10,13-14,17-19,21,26,28,31,35,37-40,47,49-50,53-55,57,59,69-71,79H,11-12,15-16,20,22-25,27,29-30,32-33H2,1-8H3,(H,66,78)(H,75,76)/b34-26+,36-28+/t35-,37+,38+,39?,40+,47-,49+,50-,53+,54-,55-,57?,59+,65+/m0/s1. The number of rotatable bonds is 12. The van der Waals surface area contributed by atoms with E-state index >= 15 is 0 Å². The van der Waals surface area contributed by atoms with Gasteiger partial charge in [0.05, 0.1) is 54.8 Å². The van der Waals surface area contributed by atoms with Crippen LogP contribution >= 0.6 is 0 Å². The second-order valence-corrected chi connectivity index (χ2v) is 24.0. The van der Waals surface area contributed by atoms with Crippen LogP contribution < -0.4 is 10.7 Å². The first-order valence-corrected chi connectivity index (χ1v) is 29.7. The van der Waals surface area contributed by atoms with E-state index in [0.29, 0.717) is 72.6 Å². The maximum Gasteiger partial charge on any atom is 0.407 e. The van der Waals surface area contributed by atoms with Crippen molar-refractivity contribution in [2.75, 3.05) is 34.5 Å². The van der Waals surface area contributed by atoms with Gasteiger partial charge in [-0.25, -0.2) is 14.4 Å². The van der Waals surface area contributed by atoms with Crippen molar-refractivity contribution in [3.05, 3.63) is 99.2 Å². The summed E-state index contributed by atoms with van der Waals surface area (Å²) in [5.74, 6) is -10.7. The number of methoxy groups -OCH3 is 3. The number of carboxylic acid groups (broad SMARTS) is 1. The van der Waals surface area contributed by atoms with Crippen molar-refractivity contribution in [2.45, 2.75) is 166 Å². The zero-order valence-electron chi connectivity index (χ0n) is 50.2. The fraction of sp³-hybridized carbons (Fsp3) is 0.554. The van der Waals surface area contributed by atoms with E-state index in [9.17, 15) is 59.1 Å². The molecule has 6 N–H and O–H groups in total. The van der Waals surface area contributed by atoms with Crippen molar-refractivity contribution in [3.8, 4) is 28.2 Å². The molecular weight excluding hydrogens is 1110 g/mol. The number of aliphatic hydroxyl groups excluding tert-OH is 2. The molecule has 21 heteroatoms. The second-order valence-electron chi connectivity index (χ2n) is 24.0. The second kappa shape index (κ2) is 28.3. The quantitative estimate of drug-likeness (QED) is 0.0343. The summed E-state index contributed by atoms with van der Waals surface area (Å²) in [6, 6.07) is 12.1. The molecule has 0 aromatic heterocycles. The first-order valence-electron chi connectivity index (χ1n) is 29.7. The molecule has 0 spiro atoms. The summed E-state index contributed by atoms with van der Waals surface area (Å²) < 4.78 is 42.0. The Hall–Kier alpha value is -6.85. The van der Waals surface area contributed by atoms with E-state index in [0.717, 1.165) is 10.5 Å². The van der Waals surface area contributed by atoms with E-state index in [4.69, 9.17) is 32.8 Å². The Bertz CT molecular complexity index is 3220. The van der Waals surface area contributed by atoms with Gasteiger partial charge in [-0.3, -0.25) is 19.2 Å². The highest BCUT2D eigenvalue weighted by atomic mass is 16.7. The number of cyclic esters (lactones) is 1. The van der Waals surface area contributed by atoms with Gasteiger partial charge in [0.15, 0.2) is 5.43 Å². The summed E-state index contributed by atoms with van der Waals surface area (Å²) in [4.78, 5) is 98.2. The number of alkyl carbamates (subject to hydrolysis) is 1. The number of amides is 2. The highest BCUT2D eigenvalue weighted by molar-refractivity contribution is 6.39. The van der Waals surface area contributed by atoms with E-state index in [1.165, 1.54) is 51.7 Å². The van der Waals surface area contributed by atoms with Gasteiger partial charge in [0, 0.05) is 74.6 Å². The maximum atomic E-state index is 14.8. The summed E-state index contributed by atoms with van der Waals surface area (Å²) >= 11 is 0. The highest BCUT2D eigenvalue weighted by Crippen LogP contribution is 2.44. The molecule has 466 valence electrons. The fourth-order valence-corrected chi connectivity index (χ4v) is 13.1. The zero-order chi connectivity index (χ0) is 62.3. The van der Waals surface area contributed by atoms with Crippen molar-refractivity contribution in [3.63, 3.8) is 0 Å². The lowest BCUT2D eigenvalue weighted by Crippen LogP contribution is -2.64. The number of allylic oxidation sites excluding steroid dienone is 3. The number of benzene rings is 3. The Morgan fingerprint density at radius 3 is 2.29 bits per heavy atom. The number of phenols is 1. The number of ether oxygens (including phenoxy) is 6. The molecule has 8 rings (SSSR count). The monoisotopic (exact) mass is 1190 g/mol. The first kappa shape index (κ1) is 65.1. The highest BCUT2D eigenvalue weighted by Gasteiger charge is 2.57. The third-order valence-electron chi connectivity index (χ3n) is 17.9. The van der Waals surface area contributed by atoms with Crippen LogP contribution in [-0.2, 0) is 54.1 Å². The van der Waals surface area contributed by atoms with Gasteiger partial charge in [0.25, 0.3) is 11.7 Å². The van der Waals surface area contributed by atoms with Gasteiger partial charge >= 0.3 is 18.0 Å². The van der Waals surface area contributed by atoms with Gasteiger partial charge < -0.3 is 68.6 Å². The number of carbonyl (C=O) groups is 6. The van der Waals surface area contributed by atoms with E-state index < -0.39 is 114 Å². The van der Waals surface area contributed by atoms with Gasteiger partial charge in [-0.15, -0.1) is 0 Å². The first-order chi connectivity index (χ1) is 41.0. The van der Waals surface area contributed by atoms with Crippen molar-refractivity contribution in [1.29, 1.82) is 0 Å². The summed E-state index contributed by atoms with van der Waals surface area (Å²) in [5, 5.41) is 59.5. The predicted octanol–water partition coefficient (Wildman–Crippen LogP) is 7.66. The van der Waals surface area contributed by atoms with Crippen LogP contribution in [0.25, 0.3) is 33.4 Å². The van der Waals surface area contributed by atoms with E-state index in [2.05, 4.69) is 5.32 Å². The molecule has 2 bridgehead atoms. The van der Waals surface area contributed by atoms with Crippen LogP contribution in [0.5, 0.6) is 5.75 Å². The number of hydrogen-bond acceptors (Lipinski definition) is 18. The zero-order valence-corrected chi connectivity index (χ0v) is 50.2. The van der Waals surface area contributed by atoms with Crippen LogP contribution in [0.3, 0.4) is 0 Å². The number of ketones is 2. The molecule has 6 aliphatic rings. The molecule has 21 nitrogen and oxygen atoms in total. The van der Waals surface area contributed by atoms with Crippen LogP contribution in [0.4, 0.5) is 4.79 Å². The van der Waals surface area contributed by atoms with Crippen LogP contribution in [0.1, 0.15) is 121 Å². The molecule has 2 aromatic carbocycles. The Morgan fingerprint density at radius 2 is 1.57 bits per heavy atom. The molecule has 3 fully saturated rings. The number of esters is 1. The van der Waals surface area contributed by atoms with Crippen molar-refractivity contribution >= 4 is 46.5 Å². The van der Waals surface area contributed by atoms with Gasteiger partial charge in [-0.1, -0.05) is 56.7 Å². The number of hydrogen-bond donors (Lipinski definition) is 6. The van der Waals surface area contributed by atoms with Crippen LogP contribution in [0.2, 0.25) is 0 Å². The molecular formula is C65H82N2O19. The number of carboxylic acids is 1. The Balaban J connectivity index is 1.08. The lowest BCUT2D eigenvalue weighted by atomic mass is 9.81. The average molecular weight is 1200 g/mol. The summed E-state index contributed by atoms with van der Waals surface area (Å²) in [5.41, 5.74) is 2.26. The van der Waals surface area contributed by atoms with E-state index in [1.807, 2.05) is 19.9 Å². The number of fused-ring (bicyclic) bond motifs is 5. The topological polar surface area (TPSA) is 304 Å². The number of phenolic OH excluding ortho intramolecular Hbond substituents is 1. The number of aliphatic hydroxyl groups is 3. The van der Waals surface area contributed by atoms with Gasteiger partial charge in [-0.2, -0.15) is 0 Å². The summed E-state index contributed by atoms with van der Waals surface area (Å²) in [6.45, 7) is 8.14. The number of nitrogens with zero attached hydrogens (tertiary/aromatic N) is 1. The molecule has 86 heavy (non-hydrogen) atoms. The summed E-state index contributed by atoms with van der Waals surface area (Å²) in [7, 11) is 4.47. The Morgan fingerprint density at radius 1 is 0.849 bits per heavy atom. The van der Waals surface area contributed by atoms with E-state index in [1.54, 1.807) is 51.1 Å². The fourth-order valence-electron chi connectivity index (χ4n) is 13.1. The molecule has 2 saturated heterocycles. The molecule has 2 unspecified atom stereocenters. The Labute approximate surface area is 499 Å². The molecule has 0 radical (unpaired) electrons.